The molecule has 1 unspecified atom stereocenters. The van der Waals surface area contributed by atoms with Gasteiger partial charge in [-0.25, -0.2) is 4.98 Å². The Morgan fingerprint density at radius 3 is 2.57 bits per heavy atom. The van der Waals surface area contributed by atoms with Gasteiger partial charge in [0.1, 0.15) is 5.82 Å². The second-order valence-electron chi connectivity index (χ2n) is 7.90. The van der Waals surface area contributed by atoms with Crippen LogP contribution in [0.3, 0.4) is 0 Å². The number of likely N-dealkylation sites (tertiary alicyclic amines) is 1. The number of nitrogens with one attached hydrogen (secondary N) is 1. The Balaban J connectivity index is 0.00000225. The maximum absolute atomic E-state index is 5.01. The summed E-state index contributed by atoms with van der Waals surface area (Å²) in [5.41, 5.74) is 0. The fourth-order valence-corrected chi connectivity index (χ4v) is 4.85. The van der Waals surface area contributed by atoms with Gasteiger partial charge in [-0.2, -0.15) is 4.37 Å². The topological polar surface area (TPSA) is 59.9 Å². The number of piperazine rings is 1. The summed E-state index contributed by atoms with van der Waals surface area (Å²) in [5, 5.41) is 4.58. The van der Waals surface area contributed by atoms with Crippen LogP contribution in [0.4, 0.5) is 5.13 Å². The van der Waals surface area contributed by atoms with Crippen LogP contribution in [-0.4, -0.2) is 83.5 Å². The smallest absolute Gasteiger partial charge is 0.205 e. The lowest BCUT2D eigenvalue weighted by Gasteiger charge is -2.36. The molecule has 3 heterocycles. The fourth-order valence-electron chi connectivity index (χ4n) is 4.05. The Kier molecular flexibility index (Phi) is 8.16. The van der Waals surface area contributed by atoms with Gasteiger partial charge in [-0.1, -0.05) is 6.92 Å². The molecule has 7 nitrogen and oxygen atoms in total. The second-order valence-corrected chi connectivity index (χ2v) is 8.63. The molecule has 1 atom stereocenters. The van der Waals surface area contributed by atoms with E-state index < -0.39 is 0 Å². The van der Waals surface area contributed by atoms with Gasteiger partial charge >= 0.3 is 0 Å². The summed E-state index contributed by atoms with van der Waals surface area (Å²) < 4.78 is 4.43. The third-order valence-electron chi connectivity index (χ3n) is 5.84. The van der Waals surface area contributed by atoms with Crippen LogP contribution in [0, 0.1) is 5.92 Å². The molecule has 4 rings (SSSR count). The monoisotopic (exact) mass is 519 g/mol. The third-order valence-corrected chi connectivity index (χ3v) is 6.65. The summed E-state index contributed by atoms with van der Waals surface area (Å²) in [6.07, 6.45) is 5.05. The van der Waals surface area contributed by atoms with Crippen molar-refractivity contribution >= 4 is 46.6 Å². The Morgan fingerprint density at radius 2 is 1.93 bits per heavy atom. The molecule has 1 aromatic heterocycles. The Morgan fingerprint density at radius 1 is 1.14 bits per heavy atom. The van der Waals surface area contributed by atoms with E-state index >= 15 is 0 Å². The Labute approximate surface area is 190 Å². The highest BCUT2D eigenvalue weighted by Crippen LogP contribution is 2.31. The van der Waals surface area contributed by atoms with Crippen LogP contribution in [0.2, 0.25) is 0 Å². The fraction of sp³-hybridized carbons (Fsp3) is 0.842. The molecule has 1 aromatic rings. The lowest BCUT2D eigenvalue weighted by Crippen LogP contribution is -2.52. The van der Waals surface area contributed by atoms with Crippen LogP contribution in [-0.2, 0) is 6.42 Å². The van der Waals surface area contributed by atoms with Crippen molar-refractivity contribution in [3.05, 3.63) is 5.82 Å². The Hall–Kier alpha value is -0.680. The van der Waals surface area contributed by atoms with E-state index in [0.717, 1.165) is 74.6 Å². The van der Waals surface area contributed by atoms with Crippen molar-refractivity contribution in [3.63, 3.8) is 0 Å². The quantitative estimate of drug-likeness (QED) is 0.354. The number of guanidine groups is 1. The number of halogens is 1. The number of aryl methyl sites for hydroxylation is 1. The van der Waals surface area contributed by atoms with Gasteiger partial charge in [-0.15, -0.1) is 24.0 Å². The van der Waals surface area contributed by atoms with Crippen molar-refractivity contribution in [3.8, 4) is 0 Å². The van der Waals surface area contributed by atoms with Crippen LogP contribution in [0.1, 0.15) is 38.9 Å². The standard InChI is InChI=1S/C19H33N7S.HI/c1-3-17-22-19(27-23-17)25-11-9-24(10-12-25)18(20-4-2)21-13-15-7-8-26(14-15)16-5-6-16;/h15-16H,3-14H2,1-2H3,(H,20,21);1H. The van der Waals surface area contributed by atoms with Gasteiger partial charge in [0.2, 0.25) is 5.13 Å². The molecule has 0 aromatic carbocycles. The molecule has 0 spiro atoms. The number of aromatic nitrogens is 2. The molecule has 2 aliphatic heterocycles. The van der Waals surface area contributed by atoms with Gasteiger partial charge in [0.15, 0.2) is 5.96 Å². The SMILES string of the molecule is CCNC(=NCC1CCN(C2CC2)C1)N1CCN(c2nc(CC)ns2)CC1.I. The molecule has 1 aliphatic carbocycles. The van der Waals surface area contributed by atoms with Crippen LogP contribution < -0.4 is 10.2 Å². The number of nitrogens with zero attached hydrogens (tertiary/aromatic N) is 6. The number of rotatable bonds is 6. The molecule has 3 fully saturated rings. The number of anilines is 1. The van der Waals surface area contributed by atoms with Gasteiger partial charge in [0.25, 0.3) is 0 Å². The zero-order chi connectivity index (χ0) is 18.6. The predicted molar refractivity (Wildman–Crippen MR) is 127 cm³/mol. The number of hydrogen-bond acceptors (Lipinski definition) is 6. The first-order valence-corrected chi connectivity index (χ1v) is 11.4. The molecule has 0 bridgehead atoms. The van der Waals surface area contributed by atoms with Crippen molar-refractivity contribution in [1.82, 2.24) is 24.5 Å². The van der Waals surface area contributed by atoms with Gasteiger partial charge < -0.3 is 20.0 Å². The van der Waals surface area contributed by atoms with Gasteiger partial charge in [0, 0.05) is 69.8 Å². The van der Waals surface area contributed by atoms with Crippen molar-refractivity contribution in [2.24, 2.45) is 10.9 Å². The molecule has 2 saturated heterocycles. The van der Waals surface area contributed by atoms with Crippen LogP contribution in [0.25, 0.3) is 0 Å². The summed E-state index contributed by atoms with van der Waals surface area (Å²) in [6, 6.07) is 0.897. The molecule has 1 saturated carbocycles. The van der Waals surface area contributed by atoms with E-state index in [1.165, 1.54) is 43.9 Å². The highest BCUT2D eigenvalue weighted by molar-refractivity contribution is 14.0. The van der Waals surface area contributed by atoms with E-state index in [1.807, 2.05) is 0 Å². The minimum atomic E-state index is 0. The van der Waals surface area contributed by atoms with E-state index in [1.54, 1.807) is 0 Å². The van der Waals surface area contributed by atoms with Gasteiger partial charge in [0.05, 0.1) is 0 Å². The van der Waals surface area contributed by atoms with E-state index in [-0.39, 0.29) is 24.0 Å². The van der Waals surface area contributed by atoms with Crippen molar-refractivity contribution < 1.29 is 0 Å². The van der Waals surface area contributed by atoms with Crippen LogP contribution in [0.15, 0.2) is 4.99 Å². The van der Waals surface area contributed by atoms with Gasteiger partial charge in [-0.3, -0.25) is 4.99 Å². The average Bonchev–Trinajstić information content (AvgIpc) is 3.25. The predicted octanol–water partition coefficient (Wildman–Crippen LogP) is 2.29. The van der Waals surface area contributed by atoms with Crippen LogP contribution >= 0.6 is 35.5 Å². The third kappa shape index (κ3) is 5.47. The summed E-state index contributed by atoms with van der Waals surface area (Å²) in [4.78, 5) is 17.1. The minimum Gasteiger partial charge on any atom is -0.357 e. The first kappa shape index (κ1) is 22.0. The normalized spacial score (nSPS) is 23.8. The van der Waals surface area contributed by atoms with E-state index in [4.69, 9.17) is 4.99 Å². The molecular weight excluding hydrogens is 485 g/mol. The van der Waals surface area contributed by atoms with E-state index in [9.17, 15) is 0 Å². The first-order chi connectivity index (χ1) is 13.3. The zero-order valence-corrected chi connectivity index (χ0v) is 20.3. The van der Waals surface area contributed by atoms with Crippen molar-refractivity contribution in [1.29, 1.82) is 0 Å². The molecular formula is C19H34IN7S. The maximum atomic E-state index is 5.01. The zero-order valence-electron chi connectivity index (χ0n) is 17.1. The number of hydrogen-bond donors (Lipinski definition) is 1. The summed E-state index contributed by atoms with van der Waals surface area (Å²) in [5.74, 6) is 2.78. The lowest BCUT2D eigenvalue weighted by atomic mass is 10.1. The molecule has 0 radical (unpaired) electrons. The second kappa shape index (κ2) is 10.4. The molecule has 9 heteroatoms. The van der Waals surface area contributed by atoms with E-state index in [2.05, 4.69) is 43.2 Å². The first-order valence-electron chi connectivity index (χ1n) is 10.6. The van der Waals surface area contributed by atoms with Gasteiger partial charge in [-0.05, 0) is 38.6 Å². The molecule has 158 valence electrons. The van der Waals surface area contributed by atoms with Crippen LogP contribution in [0.5, 0.6) is 0 Å². The highest BCUT2D eigenvalue weighted by Gasteiger charge is 2.34. The minimum absolute atomic E-state index is 0. The Bertz CT molecular complexity index is 640. The molecule has 28 heavy (non-hydrogen) atoms. The number of aliphatic imine (C=N–C) groups is 1. The summed E-state index contributed by atoms with van der Waals surface area (Å²) in [6.45, 7) is 12.6. The molecule has 3 aliphatic rings. The summed E-state index contributed by atoms with van der Waals surface area (Å²) >= 11 is 1.53. The van der Waals surface area contributed by atoms with Crippen molar-refractivity contribution in [2.45, 2.75) is 45.6 Å². The average molecular weight is 520 g/mol. The van der Waals surface area contributed by atoms with Crippen molar-refractivity contribution in [2.75, 3.05) is 57.3 Å². The molecule has 0 amide bonds. The highest BCUT2D eigenvalue weighted by atomic mass is 127. The van der Waals surface area contributed by atoms with E-state index in [0.29, 0.717) is 0 Å². The largest absolute Gasteiger partial charge is 0.357 e. The summed E-state index contributed by atoms with van der Waals surface area (Å²) in [7, 11) is 0. The molecule has 1 N–H and O–H groups in total. The lowest BCUT2D eigenvalue weighted by molar-refractivity contribution is 0.315. The maximum Gasteiger partial charge on any atom is 0.205 e.